The summed E-state index contributed by atoms with van der Waals surface area (Å²) >= 11 is 0. The highest BCUT2D eigenvalue weighted by molar-refractivity contribution is 7.87. The van der Waals surface area contributed by atoms with Gasteiger partial charge in [0, 0.05) is 12.1 Å². The summed E-state index contributed by atoms with van der Waals surface area (Å²) in [6.07, 6.45) is 1.62. The molecule has 4 nitrogen and oxygen atoms in total. The van der Waals surface area contributed by atoms with E-state index in [1.54, 1.807) is 38.1 Å². The van der Waals surface area contributed by atoms with E-state index in [2.05, 4.69) is 6.58 Å². The van der Waals surface area contributed by atoms with Crippen LogP contribution in [0.15, 0.2) is 35.7 Å². The van der Waals surface area contributed by atoms with Gasteiger partial charge >= 0.3 is 0 Å². The second kappa shape index (κ2) is 4.98. The van der Waals surface area contributed by atoms with Crippen molar-refractivity contribution in [2.75, 3.05) is 11.4 Å². The van der Waals surface area contributed by atoms with E-state index in [0.717, 1.165) is 0 Å². The number of anilines is 1. The Bertz CT molecular complexity index is 634. The van der Waals surface area contributed by atoms with Gasteiger partial charge in [-0.25, -0.2) is 0 Å². The Morgan fingerprint density at radius 2 is 2.10 bits per heavy atom. The van der Waals surface area contributed by atoms with E-state index in [9.17, 15) is 13.8 Å². The van der Waals surface area contributed by atoms with Crippen molar-refractivity contribution < 1.29 is 13.8 Å². The number of hydrogen-bond donors (Lipinski definition) is 0. The van der Waals surface area contributed by atoms with Crippen LogP contribution in [0.3, 0.4) is 0 Å². The van der Waals surface area contributed by atoms with Crippen LogP contribution in [0, 0.1) is 0 Å². The molecule has 106 valence electrons. The molecule has 1 atom stereocenters. The lowest BCUT2D eigenvalue weighted by Gasteiger charge is -2.37. The largest absolute Gasteiger partial charge is 0.306 e. The molecule has 20 heavy (non-hydrogen) atoms. The number of carbonyl (C=O) groups is 2. The third kappa shape index (κ3) is 2.12. The van der Waals surface area contributed by atoms with Crippen molar-refractivity contribution in [2.45, 2.75) is 30.4 Å². The number of nitrogens with zero attached hydrogens (tertiary/aromatic N) is 1. The third-order valence-electron chi connectivity index (χ3n) is 3.39. The fourth-order valence-corrected chi connectivity index (χ4v) is 3.57. The number of benzene rings is 1. The molecule has 1 aliphatic rings. The SMILES string of the molecule is C=CCN1C(=O)C(C)(C)S(=O)c2ccc(C(C)=O)cc21. The molecule has 1 unspecified atom stereocenters. The first-order valence-electron chi connectivity index (χ1n) is 6.30. The van der Waals surface area contributed by atoms with Gasteiger partial charge in [-0.1, -0.05) is 12.1 Å². The van der Waals surface area contributed by atoms with Gasteiger partial charge < -0.3 is 4.90 Å². The van der Waals surface area contributed by atoms with E-state index in [1.807, 2.05) is 0 Å². The average Bonchev–Trinajstić information content (AvgIpc) is 2.41. The van der Waals surface area contributed by atoms with E-state index >= 15 is 0 Å². The van der Waals surface area contributed by atoms with E-state index < -0.39 is 15.5 Å². The molecule has 5 heteroatoms. The van der Waals surface area contributed by atoms with Gasteiger partial charge in [0.05, 0.1) is 21.4 Å². The van der Waals surface area contributed by atoms with Crippen LogP contribution in [0.4, 0.5) is 5.69 Å². The molecule has 0 bridgehead atoms. The first kappa shape index (κ1) is 14.7. The zero-order valence-electron chi connectivity index (χ0n) is 11.8. The molecule has 0 saturated carbocycles. The molecule has 1 amide bonds. The van der Waals surface area contributed by atoms with E-state index in [0.29, 0.717) is 22.7 Å². The van der Waals surface area contributed by atoms with Gasteiger partial charge in [-0.3, -0.25) is 13.8 Å². The predicted octanol–water partition coefficient (Wildman–Crippen LogP) is 2.31. The third-order valence-corrected chi connectivity index (χ3v) is 5.24. The van der Waals surface area contributed by atoms with Gasteiger partial charge in [0.2, 0.25) is 5.91 Å². The molecule has 1 heterocycles. The zero-order chi connectivity index (χ0) is 15.1. The summed E-state index contributed by atoms with van der Waals surface area (Å²) in [6.45, 7) is 8.78. The first-order chi connectivity index (χ1) is 9.30. The molecule has 0 aromatic heterocycles. The molecule has 0 saturated heterocycles. The lowest BCUT2D eigenvalue weighted by Crippen LogP contribution is -2.52. The summed E-state index contributed by atoms with van der Waals surface area (Å²) in [5, 5.41) is 0. The predicted molar refractivity (Wildman–Crippen MR) is 79.5 cm³/mol. The minimum absolute atomic E-state index is 0.0885. The number of amides is 1. The van der Waals surface area contributed by atoms with E-state index in [-0.39, 0.29) is 11.7 Å². The Kier molecular flexibility index (Phi) is 3.65. The Morgan fingerprint density at radius 1 is 1.45 bits per heavy atom. The minimum atomic E-state index is -1.44. The zero-order valence-corrected chi connectivity index (χ0v) is 12.6. The van der Waals surface area contributed by atoms with Crippen molar-refractivity contribution in [2.24, 2.45) is 0 Å². The molecule has 2 rings (SSSR count). The normalized spacial score (nSPS) is 20.4. The Labute approximate surface area is 120 Å². The second-order valence-electron chi connectivity index (χ2n) is 5.22. The summed E-state index contributed by atoms with van der Waals surface area (Å²) in [4.78, 5) is 26.1. The van der Waals surface area contributed by atoms with Crippen LogP contribution in [-0.2, 0) is 15.6 Å². The van der Waals surface area contributed by atoms with Crippen molar-refractivity contribution in [1.29, 1.82) is 0 Å². The minimum Gasteiger partial charge on any atom is -0.306 e. The van der Waals surface area contributed by atoms with Crippen LogP contribution in [0.2, 0.25) is 0 Å². The van der Waals surface area contributed by atoms with Crippen LogP contribution >= 0.6 is 0 Å². The standard InChI is InChI=1S/C15H17NO3S/c1-5-8-16-12-9-11(10(2)17)6-7-13(12)20(19)15(3,4)14(16)18/h5-7,9H,1,8H2,2-4H3. The lowest BCUT2D eigenvalue weighted by molar-refractivity contribution is -0.120. The molecule has 1 aromatic rings. The fraction of sp³-hybridized carbons (Fsp3) is 0.333. The quantitative estimate of drug-likeness (QED) is 0.634. The van der Waals surface area contributed by atoms with Crippen LogP contribution in [0.5, 0.6) is 0 Å². The van der Waals surface area contributed by atoms with Crippen molar-refractivity contribution in [1.82, 2.24) is 0 Å². The maximum Gasteiger partial charge on any atom is 0.245 e. The van der Waals surface area contributed by atoms with E-state index in [4.69, 9.17) is 0 Å². The van der Waals surface area contributed by atoms with Gasteiger partial charge in [-0.15, -0.1) is 6.58 Å². The maximum atomic E-state index is 12.5. The molecule has 0 N–H and O–H groups in total. The van der Waals surface area contributed by atoms with Crippen molar-refractivity contribution in [3.05, 3.63) is 36.4 Å². The van der Waals surface area contributed by atoms with Crippen LogP contribution in [0.1, 0.15) is 31.1 Å². The number of ketones is 1. The molecular formula is C15H17NO3S. The molecule has 0 aliphatic carbocycles. The molecule has 0 fully saturated rings. The smallest absolute Gasteiger partial charge is 0.245 e. The van der Waals surface area contributed by atoms with Crippen LogP contribution in [-0.4, -0.2) is 27.2 Å². The topological polar surface area (TPSA) is 54.5 Å². The summed E-state index contributed by atoms with van der Waals surface area (Å²) in [6, 6.07) is 4.95. The summed E-state index contributed by atoms with van der Waals surface area (Å²) in [5.41, 5.74) is 1.04. The van der Waals surface area contributed by atoms with Crippen molar-refractivity contribution in [3.63, 3.8) is 0 Å². The highest BCUT2D eigenvalue weighted by atomic mass is 32.2. The Hall–Kier alpha value is -1.75. The van der Waals surface area contributed by atoms with Crippen LogP contribution < -0.4 is 4.90 Å². The highest BCUT2D eigenvalue weighted by Gasteiger charge is 2.44. The van der Waals surface area contributed by atoms with Gasteiger partial charge in [0.25, 0.3) is 0 Å². The summed E-state index contributed by atoms with van der Waals surface area (Å²) in [7, 11) is -1.44. The van der Waals surface area contributed by atoms with Crippen molar-refractivity contribution in [3.8, 4) is 0 Å². The molecule has 1 aliphatic heterocycles. The van der Waals surface area contributed by atoms with Gasteiger partial charge in [0.1, 0.15) is 4.75 Å². The number of rotatable bonds is 3. The monoisotopic (exact) mass is 291 g/mol. The number of fused-ring (bicyclic) bond motifs is 1. The number of hydrogen-bond acceptors (Lipinski definition) is 3. The van der Waals surface area contributed by atoms with Gasteiger partial charge in [-0.05, 0) is 32.9 Å². The molecule has 1 aromatic carbocycles. The molecule has 0 radical (unpaired) electrons. The number of Topliss-reactive ketones (excluding diaryl/α,β-unsaturated/α-hetero) is 1. The lowest BCUT2D eigenvalue weighted by atomic mass is 10.1. The molecular weight excluding hydrogens is 274 g/mol. The average molecular weight is 291 g/mol. The van der Waals surface area contributed by atoms with Gasteiger partial charge in [0.15, 0.2) is 5.78 Å². The fourth-order valence-electron chi connectivity index (χ4n) is 2.20. The summed E-state index contributed by atoms with van der Waals surface area (Å²) in [5.74, 6) is -0.307. The number of carbonyl (C=O) groups excluding carboxylic acids is 2. The van der Waals surface area contributed by atoms with E-state index in [1.165, 1.54) is 11.8 Å². The highest BCUT2D eigenvalue weighted by Crippen LogP contribution is 2.37. The first-order valence-corrected chi connectivity index (χ1v) is 7.45. The van der Waals surface area contributed by atoms with Crippen LogP contribution in [0.25, 0.3) is 0 Å². The Balaban J connectivity index is 2.68. The van der Waals surface area contributed by atoms with Gasteiger partial charge in [-0.2, -0.15) is 0 Å². The van der Waals surface area contributed by atoms with Crippen molar-refractivity contribution >= 4 is 28.2 Å². The Morgan fingerprint density at radius 3 is 2.65 bits per heavy atom. The maximum absolute atomic E-state index is 12.5. The molecule has 0 spiro atoms. The second-order valence-corrected chi connectivity index (χ2v) is 7.22. The summed E-state index contributed by atoms with van der Waals surface area (Å²) < 4.78 is 11.6.